The monoisotopic (exact) mass is 294 g/mol. The van der Waals surface area contributed by atoms with Crippen LogP contribution in [0, 0.1) is 17.0 Å². The Hall–Kier alpha value is -1.98. The summed E-state index contributed by atoms with van der Waals surface area (Å²) in [7, 11) is 0. The van der Waals surface area contributed by atoms with Gasteiger partial charge in [-0.2, -0.15) is 0 Å². The van der Waals surface area contributed by atoms with Crippen molar-refractivity contribution in [1.29, 1.82) is 0 Å². The van der Waals surface area contributed by atoms with Crippen LogP contribution in [0.3, 0.4) is 0 Å². The quantitative estimate of drug-likeness (QED) is 0.640. The molecule has 1 saturated carbocycles. The fraction of sp³-hybridized carbons (Fsp3) is 0.467. The van der Waals surface area contributed by atoms with E-state index in [1.54, 1.807) is 0 Å². The molecule has 1 aromatic carbocycles. The lowest BCUT2D eigenvalue weighted by Gasteiger charge is -2.30. The van der Waals surface area contributed by atoms with Gasteiger partial charge in [0.25, 0.3) is 0 Å². The Morgan fingerprint density at radius 3 is 2.38 bits per heavy atom. The van der Waals surface area contributed by atoms with Crippen molar-refractivity contribution in [2.24, 2.45) is 5.41 Å². The molecule has 0 aromatic heterocycles. The molecule has 1 aliphatic carbocycles. The van der Waals surface area contributed by atoms with Crippen molar-refractivity contribution in [3.8, 4) is 0 Å². The second kappa shape index (κ2) is 4.79. The zero-order chi connectivity index (χ0) is 15.2. The molecule has 0 radical (unpaired) electrons. The maximum absolute atomic E-state index is 14.0. The molecule has 2 aliphatic rings. The molecule has 1 spiro atoms. The lowest BCUT2D eigenvalue weighted by Crippen LogP contribution is -2.37. The third-order valence-corrected chi connectivity index (χ3v) is 4.49. The number of carbonyl (C=O) groups excluding carboxylic acids is 2. The summed E-state index contributed by atoms with van der Waals surface area (Å²) in [6.07, 6.45) is 4.16. The molecule has 21 heavy (non-hydrogen) atoms. The first kappa shape index (κ1) is 14.0. The van der Waals surface area contributed by atoms with Gasteiger partial charge < -0.3 is 5.73 Å². The molecule has 2 amide bonds. The minimum absolute atomic E-state index is 0.0854. The van der Waals surface area contributed by atoms with Gasteiger partial charge in [0.2, 0.25) is 11.8 Å². The molecule has 112 valence electrons. The van der Waals surface area contributed by atoms with Crippen molar-refractivity contribution >= 4 is 23.2 Å². The molecule has 2 N–H and O–H groups in total. The number of carbonyl (C=O) groups is 2. The highest BCUT2D eigenvalue weighted by Gasteiger charge is 2.52. The number of hydrogen-bond acceptors (Lipinski definition) is 3. The standard InChI is InChI=1S/C15H16F2N2O2/c16-9-6-10(17)13(11(18)7-9)19-12(20)8-15(14(19)21)4-2-1-3-5-15/h6-7H,1-5,8,18H2. The summed E-state index contributed by atoms with van der Waals surface area (Å²) >= 11 is 0. The van der Waals surface area contributed by atoms with Gasteiger partial charge in [-0.05, 0) is 18.9 Å². The van der Waals surface area contributed by atoms with E-state index in [1.807, 2.05) is 0 Å². The summed E-state index contributed by atoms with van der Waals surface area (Å²) in [6.45, 7) is 0. The first-order valence-corrected chi connectivity index (χ1v) is 7.06. The van der Waals surface area contributed by atoms with Crippen LogP contribution >= 0.6 is 0 Å². The smallest absolute Gasteiger partial charge is 0.240 e. The molecule has 1 heterocycles. The summed E-state index contributed by atoms with van der Waals surface area (Å²) in [5.41, 5.74) is 4.35. The summed E-state index contributed by atoms with van der Waals surface area (Å²) < 4.78 is 27.1. The van der Waals surface area contributed by atoms with Crippen molar-refractivity contribution in [3.05, 3.63) is 23.8 Å². The van der Waals surface area contributed by atoms with Crippen LogP contribution in [0.1, 0.15) is 38.5 Å². The number of nitrogens with two attached hydrogens (primary N) is 1. The Morgan fingerprint density at radius 1 is 1.10 bits per heavy atom. The maximum atomic E-state index is 14.0. The highest BCUT2D eigenvalue weighted by molar-refractivity contribution is 6.23. The molecular weight excluding hydrogens is 278 g/mol. The first-order chi connectivity index (χ1) is 9.94. The molecular formula is C15H16F2N2O2. The van der Waals surface area contributed by atoms with Gasteiger partial charge in [0.15, 0.2) is 5.82 Å². The van der Waals surface area contributed by atoms with Gasteiger partial charge in [-0.1, -0.05) is 19.3 Å². The van der Waals surface area contributed by atoms with Gasteiger partial charge in [0.05, 0.1) is 11.1 Å². The Balaban J connectivity index is 2.04. The maximum Gasteiger partial charge on any atom is 0.240 e. The Kier molecular flexibility index (Phi) is 3.19. The highest BCUT2D eigenvalue weighted by atomic mass is 19.1. The van der Waals surface area contributed by atoms with Crippen molar-refractivity contribution in [2.75, 3.05) is 10.6 Å². The van der Waals surface area contributed by atoms with Crippen LogP contribution in [0.15, 0.2) is 12.1 Å². The molecule has 0 bridgehead atoms. The minimum Gasteiger partial charge on any atom is -0.397 e. The van der Waals surface area contributed by atoms with Gasteiger partial charge in [0.1, 0.15) is 11.5 Å². The highest BCUT2D eigenvalue weighted by Crippen LogP contribution is 2.47. The average molecular weight is 294 g/mol. The summed E-state index contributed by atoms with van der Waals surface area (Å²) in [6, 6.07) is 1.56. The van der Waals surface area contributed by atoms with Crippen LogP contribution in [0.4, 0.5) is 20.2 Å². The van der Waals surface area contributed by atoms with Crippen molar-refractivity contribution in [3.63, 3.8) is 0 Å². The molecule has 0 atom stereocenters. The Bertz CT molecular complexity index is 601. The van der Waals surface area contributed by atoms with E-state index >= 15 is 0 Å². The van der Waals surface area contributed by atoms with Crippen LogP contribution in [0.2, 0.25) is 0 Å². The fourth-order valence-corrected chi connectivity index (χ4v) is 3.46. The number of rotatable bonds is 1. The van der Waals surface area contributed by atoms with Crippen LogP contribution in [-0.2, 0) is 9.59 Å². The number of anilines is 2. The number of nitrogens with zero attached hydrogens (tertiary/aromatic N) is 1. The SMILES string of the molecule is Nc1cc(F)cc(F)c1N1C(=O)CC2(CCCCC2)C1=O. The van der Waals surface area contributed by atoms with Gasteiger partial charge in [-0.3, -0.25) is 9.59 Å². The Labute approximate surface area is 120 Å². The second-order valence-corrected chi connectivity index (χ2v) is 5.88. The van der Waals surface area contributed by atoms with E-state index < -0.39 is 28.9 Å². The van der Waals surface area contributed by atoms with Crippen LogP contribution in [-0.4, -0.2) is 11.8 Å². The molecule has 1 aromatic rings. The van der Waals surface area contributed by atoms with E-state index in [1.165, 1.54) is 0 Å². The topological polar surface area (TPSA) is 63.4 Å². The summed E-state index contributed by atoms with van der Waals surface area (Å²) in [4.78, 5) is 25.7. The van der Waals surface area contributed by atoms with Gasteiger partial charge in [0, 0.05) is 12.5 Å². The number of hydrogen-bond donors (Lipinski definition) is 1. The van der Waals surface area contributed by atoms with Gasteiger partial charge in [-0.15, -0.1) is 0 Å². The predicted octanol–water partition coefficient (Wildman–Crippen LogP) is 2.76. The molecule has 4 nitrogen and oxygen atoms in total. The number of imide groups is 1. The van der Waals surface area contributed by atoms with E-state index in [0.717, 1.165) is 30.2 Å². The normalized spacial score (nSPS) is 21.3. The predicted molar refractivity (Wildman–Crippen MR) is 73.4 cm³/mol. The van der Waals surface area contributed by atoms with Gasteiger partial charge in [-0.25, -0.2) is 13.7 Å². The molecule has 1 saturated heterocycles. The summed E-state index contributed by atoms with van der Waals surface area (Å²) in [5.74, 6) is -2.68. The zero-order valence-corrected chi connectivity index (χ0v) is 11.5. The largest absolute Gasteiger partial charge is 0.397 e. The molecule has 6 heteroatoms. The lowest BCUT2D eigenvalue weighted by atomic mass is 9.73. The van der Waals surface area contributed by atoms with Crippen LogP contribution in [0.25, 0.3) is 0 Å². The molecule has 1 aliphatic heterocycles. The second-order valence-electron chi connectivity index (χ2n) is 5.88. The number of benzene rings is 1. The minimum atomic E-state index is -0.984. The zero-order valence-electron chi connectivity index (χ0n) is 11.5. The van der Waals surface area contributed by atoms with Crippen LogP contribution < -0.4 is 10.6 Å². The van der Waals surface area contributed by atoms with Gasteiger partial charge >= 0.3 is 0 Å². The van der Waals surface area contributed by atoms with Crippen molar-refractivity contribution < 1.29 is 18.4 Å². The molecule has 0 unspecified atom stereocenters. The first-order valence-electron chi connectivity index (χ1n) is 7.06. The molecule has 3 rings (SSSR count). The van der Waals surface area contributed by atoms with Crippen LogP contribution in [0.5, 0.6) is 0 Å². The van der Waals surface area contributed by atoms with E-state index in [-0.39, 0.29) is 17.8 Å². The fourth-order valence-electron chi connectivity index (χ4n) is 3.46. The summed E-state index contributed by atoms with van der Waals surface area (Å²) in [5, 5.41) is 0. The average Bonchev–Trinajstić information content (AvgIpc) is 2.63. The number of halogens is 2. The Morgan fingerprint density at radius 2 is 1.76 bits per heavy atom. The van der Waals surface area contributed by atoms with E-state index in [0.29, 0.717) is 18.9 Å². The molecule has 2 fully saturated rings. The van der Waals surface area contributed by atoms with E-state index in [4.69, 9.17) is 5.73 Å². The van der Waals surface area contributed by atoms with Crippen molar-refractivity contribution in [2.45, 2.75) is 38.5 Å². The van der Waals surface area contributed by atoms with Crippen molar-refractivity contribution in [1.82, 2.24) is 0 Å². The third-order valence-electron chi connectivity index (χ3n) is 4.49. The van der Waals surface area contributed by atoms with E-state index in [2.05, 4.69) is 0 Å². The number of nitrogen functional groups attached to an aromatic ring is 1. The lowest BCUT2D eigenvalue weighted by molar-refractivity contribution is -0.127. The third kappa shape index (κ3) is 2.09. The van der Waals surface area contributed by atoms with E-state index in [9.17, 15) is 18.4 Å². The number of amides is 2.